The molecule has 0 saturated heterocycles. The van der Waals surface area contributed by atoms with Crippen molar-refractivity contribution in [2.24, 2.45) is 0 Å². The van der Waals surface area contributed by atoms with Crippen LogP contribution in [0.4, 0.5) is 4.39 Å². The minimum absolute atomic E-state index is 0.122. The van der Waals surface area contributed by atoms with Gasteiger partial charge < -0.3 is 9.55 Å². The Balaban J connectivity index is 2.41. The smallest absolute Gasteiger partial charge is 0.177 e. The van der Waals surface area contributed by atoms with E-state index >= 15 is 0 Å². The number of imidazole rings is 1. The van der Waals surface area contributed by atoms with Crippen LogP contribution in [0, 0.1) is 31.4 Å². The standard InChI is InChI=1S/C13H15FN2S/c1-8-4-11(5-9(2)12(8)14)7-16-10(3)6-15-13(16)17/h4-6H,7H2,1-3H3,(H,15,17). The van der Waals surface area contributed by atoms with Crippen molar-refractivity contribution in [3.63, 3.8) is 0 Å². The molecule has 0 atom stereocenters. The van der Waals surface area contributed by atoms with Gasteiger partial charge in [0.25, 0.3) is 0 Å². The number of hydrogen-bond donors (Lipinski definition) is 1. The summed E-state index contributed by atoms with van der Waals surface area (Å²) < 4.78 is 16.2. The van der Waals surface area contributed by atoms with Gasteiger partial charge in [-0.15, -0.1) is 0 Å². The fraction of sp³-hybridized carbons (Fsp3) is 0.308. The van der Waals surface area contributed by atoms with Crippen LogP contribution in [0.1, 0.15) is 22.4 Å². The quantitative estimate of drug-likeness (QED) is 0.807. The van der Waals surface area contributed by atoms with Crippen molar-refractivity contribution >= 4 is 12.2 Å². The van der Waals surface area contributed by atoms with Crippen molar-refractivity contribution in [3.05, 3.63) is 51.3 Å². The van der Waals surface area contributed by atoms with E-state index in [1.54, 1.807) is 13.8 Å². The van der Waals surface area contributed by atoms with Crippen LogP contribution in [0.15, 0.2) is 18.3 Å². The Kier molecular flexibility index (Phi) is 3.15. The molecule has 0 saturated carbocycles. The summed E-state index contributed by atoms with van der Waals surface area (Å²) >= 11 is 5.20. The zero-order chi connectivity index (χ0) is 12.6. The van der Waals surface area contributed by atoms with E-state index in [1.165, 1.54) is 0 Å². The highest BCUT2D eigenvalue weighted by molar-refractivity contribution is 7.71. The van der Waals surface area contributed by atoms with Crippen LogP contribution < -0.4 is 0 Å². The number of aryl methyl sites for hydroxylation is 3. The van der Waals surface area contributed by atoms with Crippen molar-refractivity contribution in [2.45, 2.75) is 27.3 Å². The largest absolute Gasteiger partial charge is 0.337 e. The highest BCUT2D eigenvalue weighted by Gasteiger charge is 2.06. The van der Waals surface area contributed by atoms with Gasteiger partial charge in [-0.05, 0) is 49.7 Å². The van der Waals surface area contributed by atoms with Crippen molar-refractivity contribution < 1.29 is 4.39 Å². The Morgan fingerprint density at radius 3 is 2.29 bits per heavy atom. The molecule has 0 radical (unpaired) electrons. The molecule has 0 aliphatic heterocycles. The average molecular weight is 250 g/mol. The molecule has 1 aromatic heterocycles. The summed E-state index contributed by atoms with van der Waals surface area (Å²) in [5, 5.41) is 0. The Morgan fingerprint density at radius 2 is 1.82 bits per heavy atom. The van der Waals surface area contributed by atoms with Gasteiger partial charge in [0.05, 0.1) is 6.54 Å². The maximum Gasteiger partial charge on any atom is 0.177 e. The molecule has 4 heteroatoms. The number of hydrogen-bond acceptors (Lipinski definition) is 1. The molecular weight excluding hydrogens is 235 g/mol. The first-order valence-corrected chi connectivity index (χ1v) is 5.90. The third-order valence-electron chi connectivity index (χ3n) is 2.91. The van der Waals surface area contributed by atoms with Crippen molar-refractivity contribution in [1.82, 2.24) is 9.55 Å². The van der Waals surface area contributed by atoms with Crippen LogP contribution in [0.5, 0.6) is 0 Å². The lowest BCUT2D eigenvalue weighted by molar-refractivity contribution is 0.607. The fourth-order valence-electron chi connectivity index (χ4n) is 1.99. The Hall–Kier alpha value is -1.42. The summed E-state index contributed by atoms with van der Waals surface area (Å²) in [6.07, 6.45) is 1.88. The van der Waals surface area contributed by atoms with Gasteiger partial charge in [0.15, 0.2) is 4.77 Å². The zero-order valence-electron chi connectivity index (χ0n) is 10.2. The number of aromatic amines is 1. The molecule has 0 aliphatic carbocycles. The number of aromatic nitrogens is 2. The van der Waals surface area contributed by atoms with E-state index in [4.69, 9.17) is 12.2 Å². The maximum atomic E-state index is 13.5. The summed E-state index contributed by atoms with van der Waals surface area (Å²) in [6, 6.07) is 3.74. The van der Waals surface area contributed by atoms with Gasteiger partial charge in [-0.2, -0.15) is 0 Å². The Labute approximate surface area is 105 Å². The molecule has 0 aliphatic rings. The number of nitrogens with one attached hydrogen (secondary N) is 1. The second-order valence-electron chi connectivity index (χ2n) is 4.36. The van der Waals surface area contributed by atoms with E-state index in [1.807, 2.05) is 29.8 Å². The van der Waals surface area contributed by atoms with E-state index in [-0.39, 0.29) is 5.82 Å². The van der Waals surface area contributed by atoms with E-state index in [9.17, 15) is 4.39 Å². The molecule has 90 valence electrons. The summed E-state index contributed by atoms with van der Waals surface area (Å²) in [5.74, 6) is -0.122. The number of benzene rings is 1. The first-order chi connectivity index (χ1) is 7.99. The Morgan fingerprint density at radius 1 is 1.24 bits per heavy atom. The van der Waals surface area contributed by atoms with Gasteiger partial charge in [-0.3, -0.25) is 0 Å². The molecule has 2 rings (SSSR count). The van der Waals surface area contributed by atoms with Crippen LogP contribution in [0.2, 0.25) is 0 Å². The molecule has 2 aromatic rings. The number of rotatable bonds is 2. The van der Waals surface area contributed by atoms with Gasteiger partial charge in [0, 0.05) is 11.9 Å². The third-order valence-corrected chi connectivity index (χ3v) is 3.25. The van der Waals surface area contributed by atoms with E-state index in [2.05, 4.69) is 4.98 Å². The third kappa shape index (κ3) is 2.31. The zero-order valence-corrected chi connectivity index (χ0v) is 11.0. The van der Waals surface area contributed by atoms with E-state index in [0.29, 0.717) is 22.4 Å². The lowest BCUT2D eigenvalue weighted by Crippen LogP contribution is -2.03. The minimum atomic E-state index is -0.122. The van der Waals surface area contributed by atoms with Crippen LogP contribution in [-0.2, 0) is 6.54 Å². The van der Waals surface area contributed by atoms with Crippen LogP contribution in [0.25, 0.3) is 0 Å². The van der Waals surface area contributed by atoms with E-state index < -0.39 is 0 Å². The normalized spacial score (nSPS) is 10.8. The van der Waals surface area contributed by atoms with Crippen molar-refractivity contribution in [1.29, 1.82) is 0 Å². The van der Waals surface area contributed by atoms with Crippen LogP contribution in [-0.4, -0.2) is 9.55 Å². The molecule has 0 spiro atoms. The van der Waals surface area contributed by atoms with Gasteiger partial charge in [-0.1, -0.05) is 12.1 Å². The first-order valence-electron chi connectivity index (χ1n) is 5.49. The first kappa shape index (κ1) is 12.0. The Bertz CT molecular complexity index is 587. The molecule has 2 nitrogen and oxygen atoms in total. The molecular formula is C13H15FN2S. The second-order valence-corrected chi connectivity index (χ2v) is 4.75. The summed E-state index contributed by atoms with van der Waals surface area (Å²) in [6.45, 7) is 6.25. The average Bonchev–Trinajstić information content (AvgIpc) is 2.57. The van der Waals surface area contributed by atoms with Crippen LogP contribution >= 0.6 is 12.2 Å². The lowest BCUT2D eigenvalue weighted by Gasteiger charge is -2.09. The molecule has 0 unspecified atom stereocenters. The molecule has 0 bridgehead atoms. The lowest BCUT2D eigenvalue weighted by atomic mass is 10.1. The fourth-order valence-corrected chi connectivity index (χ4v) is 2.26. The van der Waals surface area contributed by atoms with Crippen molar-refractivity contribution in [3.8, 4) is 0 Å². The number of nitrogens with zero attached hydrogens (tertiary/aromatic N) is 1. The molecule has 1 heterocycles. The number of H-pyrrole nitrogens is 1. The molecule has 0 amide bonds. The van der Waals surface area contributed by atoms with Crippen LogP contribution in [0.3, 0.4) is 0 Å². The van der Waals surface area contributed by atoms with E-state index in [0.717, 1.165) is 11.3 Å². The van der Waals surface area contributed by atoms with Crippen molar-refractivity contribution in [2.75, 3.05) is 0 Å². The van der Waals surface area contributed by atoms with Gasteiger partial charge in [0.1, 0.15) is 5.82 Å². The van der Waals surface area contributed by atoms with Gasteiger partial charge in [0.2, 0.25) is 0 Å². The van der Waals surface area contributed by atoms with Gasteiger partial charge >= 0.3 is 0 Å². The topological polar surface area (TPSA) is 20.7 Å². The molecule has 1 aromatic carbocycles. The SMILES string of the molecule is Cc1cc(Cn2c(C)c[nH]c2=S)cc(C)c1F. The summed E-state index contributed by atoms with van der Waals surface area (Å²) in [7, 11) is 0. The summed E-state index contributed by atoms with van der Waals surface area (Å²) in [4.78, 5) is 3.00. The molecule has 0 fully saturated rings. The maximum absolute atomic E-state index is 13.5. The second kappa shape index (κ2) is 4.45. The minimum Gasteiger partial charge on any atom is -0.337 e. The molecule has 1 N–H and O–H groups in total. The van der Waals surface area contributed by atoms with Gasteiger partial charge in [-0.25, -0.2) is 4.39 Å². The summed E-state index contributed by atoms with van der Waals surface area (Å²) in [5.41, 5.74) is 3.51. The number of halogens is 1. The predicted molar refractivity (Wildman–Crippen MR) is 69.3 cm³/mol. The predicted octanol–water partition coefficient (Wildman–Crippen LogP) is 3.66. The highest BCUT2D eigenvalue weighted by Crippen LogP contribution is 2.16. The molecule has 17 heavy (non-hydrogen) atoms. The highest BCUT2D eigenvalue weighted by atomic mass is 32.1. The monoisotopic (exact) mass is 250 g/mol.